The third-order valence-electron chi connectivity index (χ3n) is 4.15. The molecule has 0 saturated heterocycles. The fourth-order valence-electron chi connectivity index (χ4n) is 2.62. The Morgan fingerprint density at radius 1 is 1.19 bits per heavy atom. The predicted octanol–water partition coefficient (Wildman–Crippen LogP) is 4.81. The summed E-state index contributed by atoms with van der Waals surface area (Å²) in [6, 6.07) is 9.52. The highest BCUT2D eigenvalue weighted by Crippen LogP contribution is 2.28. The molecular weight excluding hydrogens is 347 g/mol. The molecule has 26 heavy (non-hydrogen) atoms. The van der Waals surface area contributed by atoms with Crippen LogP contribution in [0.1, 0.15) is 0 Å². The van der Waals surface area contributed by atoms with E-state index in [1.54, 1.807) is 18.3 Å². The van der Waals surface area contributed by atoms with E-state index in [2.05, 4.69) is 29.9 Å². The molecule has 0 saturated carbocycles. The fraction of sp³-hybridized carbons (Fsp3) is 0.316. The monoisotopic (exact) mass is 372 g/mol. The fourth-order valence-corrected chi connectivity index (χ4v) is 3.38. The van der Waals surface area contributed by atoms with Gasteiger partial charge in [-0.05, 0) is 36.4 Å². The Kier molecular flexibility index (Phi) is 5.29. The average Bonchev–Trinajstić information content (AvgIpc) is 2.97. The zero-order valence-corrected chi connectivity index (χ0v) is 16.4. The van der Waals surface area contributed by atoms with Gasteiger partial charge >= 0.3 is 0 Å². The largest absolute Gasteiger partial charge is 0.399 e. The van der Waals surface area contributed by atoms with Crippen LogP contribution in [0.25, 0.3) is 11.0 Å². The summed E-state index contributed by atoms with van der Waals surface area (Å²) in [6.45, 7) is 8.20. The molecule has 5 nitrogen and oxygen atoms in total. The Morgan fingerprint density at radius 2 is 2.00 bits per heavy atom. The van der Waals surface area contributed by atoms with E-state index in [1.807, 2.05) is 22.9 Å². The minimum absolute atomic E-state index is 0.380. The highest BCUT2D eigenvalue weighted by molar-refractivity contribution is 6.76. The van der Waals surface area contributed by atoms with E-state index in [0.717, 1.165) is 29.4 Å². The van der Waals surface area contributed by atoms with Gasteiger partial charge in [-0.1, -0.05) is 19.6 Å². The Balaban J connectivity index is 1.76. The van der Waals surface area contributed by atoms with Gasteiger partial charge in [0.2, 0.25) is 0 Å². The number of aromatic nitrogens is 2. The van der Waals surface area contributed by atoms with Crippen LogP contribution in [0.15, 0.2) is 42.7 Å². The maximum absolute atomic E-state index is 14.1. The molecule has 3 rings (SSSR count). The van der Waals surface area contributed by atoms with Gasteiger partial charge in [-0.15, -0.1) is 0 Å². The molecule has 0 aliphatic heterocycles. The van der Waals surface area contributed by atoms with Crippen LogP contribution in [-0.2, 0) is 11.5 Å². The maximum Gasteiger partial charge on any atom is 0.148 e. The first-order valence-electron chi connectivity index (χ1n) is 8.67. The molecule has 0 aliphatic rings. The van der Waals surface area contributed by atoms with Gasteiger partial charge in [-0.3, -0.25) is 0 Å². The number of hydrogen-bond acceptors (Lipinski definition) is 4. The molecule has 0 atom stereocenters. The number of nitrogens with zero attached hydrogens (tertiary/aromatic N) is 2. The summed E-state index contributed by atoms with van der Waals surface area (Å²) >= 11 is 0. The standard InChI is InChI=1S/C19H25FN4OSi/c1-26(2,3)11-10-25-13-24-9-7-15-17(6-8-22-19(15)24)23-18-5-4-14(21)12-16(18)20/h4-9,12H,10-11,13,21H2,1-3H3,(H,22,23). The molecule has 1 aromatic carbocycles. The summed E-state index contributed by atoms with van der Waals surface area (Å²) in [4.78, 5) is 4.45. The number of ether oxygens (including phenoxy) is 1. The van der Waals surface area contributed by atoms with Gasteiger partial charge in [-0.2, -0.15) is 0 Å². The van der Waals surface area contributed by atoms with E-state index in [-0.39, 0.29) is 5.82 Å². The molecule has 2 aromatic heterocycles. The second-order valence-corrected chi connectivity index (χ2v) is 13.2. The van der Waals surface area contributed by atoms with Crippen LogP contribution in [0, 0.1) is 5.82 Å². The first-order valence-corrected chi connectivity index (χ1v) is 12.4. The minimum Gasteiger partial charge on any atom is -0.399 e. The summed E-state index contributed by atoms with van der Waals surface area (Å²) in [6.07, 6.45) is 3.65. The van der Waals surface area contributed by atoms with Gasteiger partial charge in [0.1, 0.15) is 18.2 Å². The second-order valence-electron chi connectivity index (χ2n) is 7.59. The van der Waals surface area contributed by atoms with E-state index in [4.69, 9.17) is 10.5 Å². The third-order valence-corrected chi connectivity index (χ3v) is 5.86. The van der Waals surface area contributed by atoms with Crippen LogP contribution in [0.4, 0.5) is 21.5 Å². The van der Waals surface area contributed by atoms with Gasteiger partial charge in [0.05, 0.1) is 11.4 Å². The van der Waals surface area contributed by atoms with Crippen molar-refractivity contribution in [1.29, 1.82) is 0 Å². The second kappa shape index (κ2) is 7.47. The third kappa shape index (κ3) is 4.42. The van der Waals surface area contributed by atoms with Crippen molar-refractivity contribution in [3.05, 3.63) is 48.5 Å². The van der Waals surface area contributed by atoms with Crippen molar-refractivity contribution in [3.8, 4) is 0 Å². The van der Waals surface area contributed by atoms with Crippen molar-refractivity contribution in [2.24, 2.45) is 0 Å². The lowest BCUT2D eigenvalue weighted by molar-refractivity contribution is 0.0899. The lowest BCUT2D eigenvalue weighted by Crippen LogP contribution is -2.22. The molecule has 2 heterocycles. The van der Waals surface area contributed by atoms with Gasteiger partial charge in [0, 0.05) is 38.1 Å². The summed E-state index contributed by atoms with van der Waals surface area (Å²) < 4.78 is 21.8. The average molecular weight is 373 g/mol. The summed E-state index contributed by atoms with van der Waals surface area (Å²) in [5, 5.41) is 4.04. The molecule has 0 radical (unpaired) electrons. The normalized spacial score (nSPS) is 11.8. The van der Waals surface area contributed by atoms with Crippen LogP contribution < -0.4 is 11.1 Å². The van der Waals surface area contributed by atoms with Gasteiger partial charge in [-0.25, -0.2) is 9.37 Å². The van der Waals surface area contributed by atoms with Crippen LogP contribution in [0.3, 0.4) is 0 Å². The lowest BCUT2D eigenvalue weighted by atomic mass is 10.2. The van der Waals surface area contributed by atoms with Crippen LogP contribution >= 0.6 is 0 Å². The molecular formula is C19H25FN4OSi. The number of benzene rings is 1. The molecule has 3 aromatic rings. The zero-order valence-electron chi connectivity index (χ0n) is 15.4. The summed E-state index contributed by atoms with van der Waals surface area (Å²) in [5.74, 6) is -0.385. The molecule has 0 unspecified atom stereocenters. The Labute approximate surface area is 154 Å². The molecule has 138 valence electrons. The van der Waals surface area contributed by atoms with Gasteiger partial charge in [0.15, 0.2) is 0 Å². The van der Waals surface area contributed by atoms with Crippen molar-refractivity contribution >= 4 is 36.2 Å². The van der Waals surface area contributed by atoms with Crippen LogP contribution in [-0.4, -0.2) is 24.2 Å². The predicted molar refractivity (Wildman–Crippen MR) is 108 cm³/mol. The number of rotatable bonds is 7. The lowest BCUT2D eigenvalue weighted by Gasteiger charge is -2.15. The molecule has 0 bridgehead atoms. The van der Waals surface area contributed by atoms with Crippen LogP contribution in [0.2, 0.25) is 25.7 Å². The Hall–Kier alpha value is -2.38. The Morgan fingerprint density at radius 3 is 2.73 bits per heavy atom. The molecule has 0 spiro atoms. The SMILES string of the molecule is C[Si](C)(C)CCOCn1ccc2c(Nc3ccc(N)cc3F)ccnc21. The van der Waals surface area contributed by atoms with Crippen molar-refractivity contribution in [2.75, 3.05) is 17.7 Å². The molecule has 0 amide bonds. The Bertz CT molecular complexity index is 904. The number of nitrogens with two attached hydrogens (primary N) is 1. The first kappa shape index (κ1) is 18.4. The van der Waals surface area contributed by atoms with E-state index < -0.39 is 8.07 Å². The molecule has 0 fully saturated rings. The highest BCUT2D eigenvalue weighted by Gasteiger charge is 2.13. The minimum atomic E-state index is -1.10. The van der Waals surface area contributed by atoms with Crippen molar-refractivity contribution in [1.82, 2.24) is 9.55 Å². The molecule has 0 aliphatic carbocycles. The number of nitrogens with one attached hydrogen (secondary N) is 1. The number of fused-ring (bicyclic) bond motifs is 1. The quantitative estimate of drug-likeness (QED) is 0.355. The molecule has 7 heteroatoms. The summed E-state index contributed by atoms with van der Waals surface area (Å²) in [7, 11) is -1.10. The maximum atomic E-state index is 14.1. The zero-order chi connectivity index (χ0) is 18.7. The number of pyridine rings is 1. The molecule has 3 N–H and O–H groups in total. The van der Waals surface area contributed by atoms with Crippen LogP contribution in [0.5, 0.6) is 0 Å². The van der Waals surface area contributed by atoms with Crippen molar-refractivity contribution in [3.63, 3.8) is 0 Å². The van der Waals surface area contributed by atoms with E-state index in [9.17, 15) is 4.39 Å². The van der Waals surface area contributed by atoms with E-state index in [0.29, 0.717) is 18.1 Å². The summed E-state index contributed by atoms with van der Waals surface area (Å²) in [5.41, 5.74) is 7.98. The highest BCUT2D eigenvalue weighted by atomic mass is 28.3. The van der Waals surface area contributed by atoms with Gasteiger partial charge < -0.3 is 20.4 Å². The number of anilines is 3. The first-order chi connectivity index (χ1) is 12.3. The van der Waals surface area contributed by atoms with E-state index in [1.165, 1.54) is 6.07 Å². The van der Waals surface area contributed by atoms with Crippen molar-refractivity contribution < 1.29 is 9.13 Å². The van der Waals surface area contributed by atoms with Gasteiger partial charge in [0.25, 0.3) is 0 Å². The van der Waals surface area contributed by atoms with Crippen molar-refractivity contribution in [2.45, 2.75) is 32.4 Å². The number of halogens is 1. The smallest absolute Gasteiger partial charge is 0.148 e. The number of hydrogen-bond donors (Lipinski definition) is 2. The topological polar surface area (TPSA) is 65.1 Å². The number of nitrogen functional groups attached to an aromatic ring is 1. The van der Waals surface area contributed by atoms with E-state index >= 15 is 0 Å².